The number of hydrogen-bond donors (Lipinski definition) is 1. The summed E-state index contributed by atoms with van der Waals surface area (Å²) in [5.41, 5.74) is 4.42. The minimum absolute atomic E-state index is 0.0800. The first kappa shape index (κ1) is 16.9. The molecule has 1 N–H and O–H groups in total. The number of fused-ring (bicyclic) bond motifs is 1. The zero-order chi connectivity index (χ0) is 17.9. The van der Waals surface area contributed by atoms with Crippen molar-refractivity contribution in [2.24, 2.45) is 0 Å². The first-order chi connectivity index (χ1) is 12.7. The summed E-state index contributed by atoms with van der Waals surface area (Å²) in [5, 5.41) is 3.05. The molecule has 0 spiro atoms. The van der Waals surface area contributed by atoms with Crippen molar-refractivity contribution in [2.45, 2.75) is 12.5 Å². The topological polar surface area (TPSA) is 32.3 Å². The molecule has 1 aliphatic heterocycles. The van der Waals surface area contributed by atoms with Crippen LogP contribution in [0, 0.1) is 0 Å². The van der Waals surface area contributed by atoms with E-state index in [0.717, 1.165) is 22.1 Å². The standard InChI is InChI=1S/C22H19BrN2O/c23-19-12-6-7-13-20(19)24-22(26)25-15-14-16-8-4-5-11-18(16)21(25)17-9-2-1-3-10-17/h1-13,21H,14-15H2,(H,24,26)/t21-/m0/s1. The van der Waals surface area contributed by atoms with Crippen LogP contribution < -0.4 is 5.32 Å². The van der Waals surface area contributed by atoms with Crippen molar-refractivity contribution in [1.82, 2.24) is 4.90 Å². The van der Waals surface area contributed by atoms with E-state index in [2.05, 4.69) is 51.6 Å². The van der Waals surface area contributed by atoms with E-state index < -0.39 is 0 Å². The molecule has 2 amide bonds. The van der Waals surface area contributed by atoms with Crippen molar-refractivity contribution in [1.29, 1.82) is 0 Å². The Balaban J connectivity index is 1.70. The average molecular weight is 407 g/mol. The van der Waals surface area contributed by atoms with Gasteiger partial charge in [-0.05, 0) is 51.2 Å². The molecule has 0 bridgehead atoms. The van der Waals surface area contributed by atoms with Crippen LogP contribution in [0.15, 0.2) is 83.3 Å². The lowest BCUT2D eigenvalue weighted by molar-refractivity contribution is 0.194. The lowest BCUT2D eigenvalue weighted by Crippen LogP contribution is -2.43. The summed E-state index contributed by atoms with van der Waals surface area (Å²) in [6, 6.07) is 26.1. The number of rotatable bonds is 2. The van der Waals surface area contributed by atoms with Crippen LogP contribution in [0.25, 0.3) is 0 Å². The van der Waals surface area contributed by atoms with Crippen LogP contribution in [0.1, 0.15) is 22.7 Å². The molecule has 3 aromatic carbocycles. The van der Waals surface area contributed by atoms with Gasteiger partial charge in [-0.15, -0.1) is 0 Å². The smallest absolute Gasteiger partial charge is 0.313 e. The molecule has 26 heavy (non-hydrogen) atoms. The largest absolute Gasteiger partial charge is 0.322 e. The number of nitrogens with zero attached hydrogens (tertiary/aromatic N) is 1. The molecule has 0 saturated heterocycles. The number of halogens is 1. The maximum Gasteiger partial charge on any atom is 0.322 e. The number of hydrogen-bond acceptors (Lipinski definition) is 1. The maximum absolute atomic E-state index is 13.1. The van der Waals surface area contributed by atoms with Gasteiger partial charge >= 0.3 is 6.03 Å². The summed E-state index contributed by atoms with van der Waals surface area (Å²) in [6.07, 6.45) is 0.864. The van der Waals surface area contributed by atoms with E-state index in [-0.39, 0.29) is 12.1 Å². The minimum atomic E-state index is -0.0831. The average Bonchev–Trinajstić information content (AvgIpc) is 2.69. The fourth-order valence-electron chi connectivity index (χ4n) is 3.53. The van der Waals surface area contributed by atoms with Gasteiger partial charge in [0, 0.05) is 11.0 Å². The maximum atomic E-state index is 13.1. The Morgan fingerprint density at radius 3 is 2.42 bits per heavy atom. The number of carbonyl (C=O) groups excluding carboxylic acids is 1. The molecule has 0 radical (unpaired) electrons. The van der Waals surface area contributed by atoms with Gasteiger partial charge in [-0.2, -0.15) is 0 Å². The van der Waals surface area contributed by atoms with Gasteiger partial charge in [-0.1, -0.05) is 66.7 Å². The third-order valence-electron chi connectivity index (χ3n) is 4.78. The van der Waals surface area contributed by atoms with Crippen LogP contribution in [0.2, 0.25) is 0 Å². The van der Waals surface area contributed by atoms with E-state index in [1.807, 2.05) is 53.4 Å². The van der Waals surface area contributed by atoms with Gasteiger partial charge < -0.3 is 10.2 Å². The Bertz CT molecular complexity index is 926. The summed E-state index contributed by atoms with van der Waals surface area (Å²) in [5.74, 6) is 0. The quantitative estimate of drug-likeness (QED) is 0.587. The molecule has 1 atom stereocenters. The summed E-state index contributed by atoms with van der Waals surface area (Å²) < 4.78 is 0.877. The summed E-state index contributed by atoms with van der Waals surface area (Å²) in [6.45, 7) is 0.687. The van der Waals surface area contributed by atoms with E-state index in [0.29, 0.717) is 6.54 Å². The number of amides is 2. The molecule has 130 valence electrons. The lowest BCUT2D eigenvalue weighted by Gasteiger charge is -2.37. The Labute approximate surface area is 161 Å². The van der Waals surface area contributed by atoms with Crippen LogP contribution >= 0.6 is 15.9 Å². The Kier molecular flexibility index (Phi) is 4.76. The second kappa shape index (κ2) is 7.34. The van der Waals surface area contributed by atoms with Gasteiger partial charge in [0.1, 0.15) is 0 Å². The zero-order valence-electron chi connectivity index (χ0n) is 14.2. The summed E-state index contributed by atoms with van der Waals surface area (Å²) >= 11 is 3.50. The van der Waals surface area contributed by atoms with Crippen LogP contribution in [0.5, 0.6) is 0 Å². The molecule has 0 aromatic heterocycles. The molecular weight excluding hydrogens is 388 g/mol. The van der Waals surface area contributed by atoms with Crippen molar-refractivity contribution < 1.29 is 4.79 Å². The second-order valence-corrected chi connectivity index (χ2v) is 7.22. The van der Waals surface area contributed by atoms with Crippen molar-refractivity contribution in [3.05, 3.63) is 100 Å². The predicted molar refractivity (Wildman–Crippen MR) is 108 cm³/mol. The third-order valence-corrected chi connectivity index (χ3v) is 5.47. The molecular formula is C22H19BrN2O. The van der Waals surface area contributed by atoms with Gasteiger partial charge in [0.2, 0.25) is 0 Å². The van der Waals surface area contributed by atoms with Crippen molar-refractivity contribution in [2.75, 3.05) is 11.9 Å². The molecule has 3 aromatic rings. The number of benzene rings is 3. The highest BCUT2D eigenvalue weighted by atomic mass is 79.9. The van der Waals surface area contributed by atoms with Crippen molar-refractivity contribution in [3.8, 4) is 0 Å². The zero-order valence-corrected chi connectivity index (χ0v) is 15.8. The summed E-state index contributed by atoms with van der Waals surface area (Å²) in [4.78, 5) is 15.0. The van der Waals surface area contributed by atoms with Crippen LogP contribution in [-0.4, -0.2) is 17.5 Å². The van der Waals surface area contributed by atoms with Gasteiger partial charge in [-0.25, -0.2) is 4.79 Å². The van der Waals surface area contributed by atoms with Gasteiger partial charge in [0.25, 0.3) is 0 Å². The van der Waals surface area contributed by atoms with Crippen LogP contribution in [0.4, 0.5) is 10.5 Å². The highest BCUT2D eigenvalue weighted by Crippen LogP contribution is 2.35. The first-order valence-corrected chi connectivity index (χ1v) is 9.48. The molecule has 0 aliphatic carbocycles. The van der Waals surface area contributed by atoms with Crippen molar-refractivity contribution in [3.63, 3.8) is 0 Å². The van der Waals surface area contributed by atoms with Crippen LogP contribution in [-0.2, 0) is 6.42 Å². The number of nitrogens with one attached hydrogen (secondary N) is 1. The third kappa shape index (κ3) is 3.25. The van der Waals surface area contributed by atoms with Gasteiger partial charge in [0.05, 0.1) is 11.7 Å². The highest BCUT2D eigenvalue weighted by molar-refractivity contribution is 9.10. The Morgan fingerprint density at radius 2 is 1.62 bits per heavy atom. The van der Waals surface area contributed by atoms with Crippen LogP contribution in [0.3, 0.4) is 0 Å². The van der Waals surface area contributed by atoms with E-state index in [4.69, 9.17) is 0 Å². The SMILES string of the molecule is O=C(Nc1ccccc1Br)N1CCc2ccccc2[C@@H]1c1ccccc1. The normalized spacial score (nSPS) is 16.0. The molecule has 0 unspecified atom stereocenters. The Morgan fingerprint density at radius 1 is 0.923 bits per heavy atom. The van der Waals surface area contributed by atoms with E-state index in [9.17, 15) is 4.79 Å². The molecule has 1 aliphatic rings. The van der Waals surface area contributed by atoms with Gasteiger partial charge in [0.15, 0.2) is 0 Å². The monoisotopic (exact) mass is 406 g/mol. The number of carbonyl (C=O) groups is 1. The number of anilines is 1. The number of para-hydroxylation sites is 1. The predicted octanol–water partition coefficient (Wildman–Crippen LogP) is 5.63. The fraction of sp³-hybridized carbons (Fsp3) is 0.136. The molecule has 4 heteroatoms. The highest BCUT2D eigenvalue weighted by Gasteiger charge is 2.31. The number of urea groups is 1. The molecule has 3 nitrogen and oxygen atoms in total. The molecule has 0 fully saturated rings. The van der Waals surface area contributed by atoms with Gasteiger partial charge in [-0.3, -0.25) is 0 Å². The molecule has 4 rings (SSSR count). The first-order valence-electron chi connectivity index (χ1n) is 8.69. The summed E-state index contributed by atoms with van der Waals surface area (Å²) in [7, 11) is 0. The molecule has 1 heterocycles. The fourth-order valence-corrected chi connectivity index (χ4v) is 3.91. The van der Waals surface area contributed by atoms with E-state index in [1.165, 1.54) is 11.1 Å². The van der Waals surface area contributed by atoms with E-state index in [1.54, 1.807) is 0 Å². The second-order valence-electron chi connectivity index (χ2n) is 6.37. The lowest BCUT2D eigenvalue weighted by atomic mass is 9.88. The van der Waals surface area contributed by atoms with E-state index >= 15 is 0 Å². The van der Waals surface area contributed by atoms with Crippen molar-refractivity contribution >= 4 is 27.6 Å². The molecule has 0 saturated carbocycles. The minimum Gasteiger partial charge on any atom is -0.313 e. The Hall–Kier alpha value is -2.59.